The molecule has 4 aliphatic heterocycles. The summed E-state index contributed by atoms with van der Waals surface area (Å²) in [7, 11) is 2.13. The van der Waals surface area contributed by atoms with E-state index in [1.165, 1.54) is 0 Å². The quantitative estimate of drug-likeness (QED) is 0.400. The van der Waals surface area contributed by atoms with Crippen LogP contribution in [0.1, 0.15) is 30.5 Å². The van der Waals surface area contributed by atoms with E-state index in [2.05, 4.69) is 39.2 Å². The van der Waals surface area contributed by atoms with E-state index in [0.717, 1.165) is 65.9 Å². The minimum Gasteiger partial charge on any atom is -0.508 e. The number of carbonyl (C=O) groups is 1. The van der Waals surface area contributed by atoms with Gasteiger partial charge in [-0.05, 0) is 44.3 Å². The second kappa shape index (κ2) is 11.5. The van der Waals surface area contributed by atoms with Crippen molar-refractivity contribution in [1.82, 2.24) is 25.1 Å². The third kappa shape index (κ3) is 5.53. The Hall–Kier alpha value is -4.14. The molecular weight excluding hydrogens is 544 g/mol. The van der Waals surface area contributed by atoms with Crippen molar-refractivity contribution in [2.75, 3.05) is 62.7 Å². The van der Waals surface area contributed by atoms with Crippen LogP contribution in [0.15, 0.2) is 36.4 Å². The number of nitrogens with one attached hydrogen (secondary N) is 1. The fraction of sp³-hybridized carbons (Fsp3) is 0.500. The molecule has 11 heteroatoms. The first-order valence-electron chi connectivity index (χ1n) is 15.3. The molecule has 4 aliphatic rings. The Morgan fingerprint density at radius 3 is 2.79 bits per heavy atom. The highest BCUT2D eigenvalue weighted by Gasteiger charge is 2.39. The van der Waals surface area contributed by atoms with Gasteiger partial charge >= 0.3 is 6.01 Å². The molecule has 3 unspecified atom stereocenters. The number of aromatic hydroxyl groups is 1. The summed E-state index contributed by atoms with van der Waals surface area (Å²) in [4.78, 5) is 31.6. The van der Waals surface area contributed by atoms with Gasteiger partial charge in [0.05, 0.1) is 36.8 Å². The van der Waals surface area contributed by atoms with Crippen LogP contribution in [0.25, 0.3) is 10.8 Å². The second-order valence-electron chi connectivity index (χ2n) is 12.2. The number of carbonyl (C=O) groups excluding carboxylic acids is 1. The van der Waals surface area contributed by atoms with Gasteiger partial charge in [-0.1, -0.05) is 24.3 Å². The minimum atomic E-state index is -0.200. The third-order valence-electron chi connectivity index (χ3n) is 9.36. The van der Waals surface area contributed by atoms with Crippen molar-refractivity contribution < 1.29 is 14.6 Å². The molecule has 7 rings (SSSR count). The average Bonchev–Trinajstić information content (AvgIpc) is 3.79. The highest BCUT2D eigenvalue weighted by molar-refractivity contribution is 5.95. The highest BCUT2D eigenvalue weighted by atomic mass is 16.5. The summed E-state index contributed by atoms with van der Waals surface area (Å²) >= 11 is 0. The van der Waals surface area contributed by atoms with Crippen molar-refractivity contribution in [3.8, 4) is 17.8 Å². The summed E-state index contributed by atoms with van der Waals surface area (Å²) < 4.78 is 6.29. The van der Waals surface area contributed by atoms with Crippen molar-refractivity contribution in [2.24, 2.45) is 0 Å². The van der Waals surface area contributed by atoms with E-state index in [4.69, 9.17) is 14.7 Å². The van der Waals surface area contributed by atoms with Crippen LogP contribution in [0.2, 0.25) is 0 Å². The first-order valence-corrected chi connectivity index (χ1v) is 15.3. The number of likely N-dealkylation sites (N-methyl/N-ethyl adjacent to an activating group) is 1. The zero-order valence-electron chi connectivity index (χ0n) is 24.6. The number of hydrogen-bond acceptors (Lipinski definition) is 10. The van der Waals surface area contributed by atoms with Crippen LogP contribution < -0.4 is 19.9 Å². The maximum absolute atomic E-state index is 13.0. The Labute approximate surface area is 251 Å². The van der Waals surface area contributed by atoms with Crippen LogP contribution >= 0.6 is 0 Å². The number of hydrogen-bond donors (Lipinski definition) is 2. The standard InChI is InChI=1S/C32H38N8O3/c1-37-11-4-6-23(37)20-43-32-35-28-19-38(29-16-24(41)15-21-5-2-3-7-25(21)29)12-9-26(28)30(36-32)39-13-14-40(22(18-39)8-10-33)31(42)27-17-34-27/h2-3,5,7,15-16,22-23,27,34,41H,4,6,8-9,11-14,17-20H2,1H3. The fourth-order valence-electron chi connectivity index (χ4n) is 6.87. The highest BCUT2D eigenvalue weighted by Crippen LogP contribution is 2.37. The number of amides is 1. The van der Waals surface area contributed by atoms with E-state index in [-0.39, 0.29) is 30.2 Å². The van der Waals surface area contributed by atoms with Crippen LogP contribution in [-0.2, 0) is 17.8 Å². The van der Waals surface area contributed by atoms with Crippen molar-refractivity contribution in [1.29, 1.82) is 5.26 Å². The predicted molar refractivity (Wildman–Crippen MR) is 163 cm³/mol. The number of phenols is 1. The molecule has 0 saturated carbocycles. The lowest BCUT2D eigenvalue weighted by Crippen LogP contribution is -2.57. The molecule has 11 nitrogen and oxygen atoms in total. The van der Waals surface area contributed by atoms with Gasteiger partial charge in [-0.2, -0.15) is 15.2 Å². The number of phenolic OH excluding ortho intramolecular Hbond substituents is 1. The van der Waals surface area contributed by atoms with Crippen molar-refractivity contribution in [3.63, 3.8) is 0 Å². The molecule has 1 aromatic heterocycles. The summed E-state index contributed by atoms with van der Waals surface area (Å²) in [6, 6.07) is 14.4. The van der Waals surface area contributed by atoms with E-state index in [1.807, 2.05) is 29.2 Å². The third-order valence-corrected chi connectivity index (χ3v) is 9.36. The van der Waals surface area contributed by atoms with E-state index in [1.54, 1.807) is 6.07 Å². The number of nitrogens with zero attached hydrogens (tertiary/aromatic N) is 7. The number of likely N-dealkylation sites (tertiary alicyclic amines) is 1. The molecule has 3 aromatic rings. The Bertz CT molecular complexity index is 1570. The summed E-state index contributed by atoms with van der Waals surface area (Å²) in [5.74, 6) is 1.17. The zero-order chi connectivity index (χ0) is 29.5. The van der Waals surface area contributed by atoms with Gasteiger partial charge in [-0.15, -0.1) is 0 Å². The first kappa shape index (κ1) is 27.7. The molecule has 3 fully saturated rings. The zero-order valence-corrected chi connectivity index (χ0v) is 24.6. The van der Waals surface area contributed by atoms with Gasteiger partial charge in [-0.3, -0.25) is 4.79 Å². The Morgan fingerprint density at radius 2 is 2.00 bits per heavy atom. The fourth-order valence-corrected chi connectivity index (χ4v) is 6.87. The van der Waals surface area contributed by atoms with Crippen LogP contribution in [0.5, 0.6) is 11.8 Å². The number of aromatic nitrogens is 2. The number of nitriles is 1. The van der Waals surface area contributed by atoms with Gasteiger partial charge in [0.1, 0.15) is 18.2 Å². The van der Waals surface area contributed by atoms with Gasteiger partial charge in [-0.25, -0.2) is 0 Å². The van der Waals surface area contributed by atoms with E-state index < -0.39 is 0 Å². The lowest BCUT2D eigenvalue weighted by Gasteiger charge is -2.42. The van der Waals surface area contributed by atoms with E-state index >= 15 is 0 Å². The second-order valence-corrected chi connectivity index (χ2v) is 12.2. The van der Waals surface area contributed by atoms with Gasteiger partial charge < -0.3 is 34.8 Å². The Morgan fingerprint density at radius 1 is 1.14 bits per heavy atom. The molecule has 43 heavy (non-hydrogen) atoms. The molecule has 0 bridgehead atoms. The SMILES string of the molecule is CN1CCCC1COc1nc2c(c(N3CCN(C(=O)C4CN4)C(CC#N)C3)n1)CCN(c1cc(O)cc3ccccc13)C2. The average molecular weight is 583 g/mol. The van der Waals surface area contributed by atoms with Gasteiger partial charge in [0.2, 0.25) is 5.91 Å². The van der Waals surface area contributed by atoms with Crippen molar-refractivity contribution in [2.45, 2.75) is 50.4 Å². The maximum Gasteiger partial charge on any atom is 0.318 e. The molecule has 5 heterocycles. The molecule has 1 amide bonds. The molecule has 224 valence electrons. The van der Waals surface area contributed by atoms with Crippen LogP contribution in [-0.4, -0.2) is 102 Å². The lowest BCUT2D eigenvalue weighted by molar-refractivity contribution is -0.133. The number of fused-ring (bicyclic) bond motifs is 2. The van der Waals surface area contributed by atoms with Gasteiger partial charge in [0, 0.05) is 61.5 Å². The Kier molecular flexibility index (Phi) is 7.41. The van der Waals surface area contributed by atoms with Gasteiger partial charge in [0.15, 0.2) is 0 Å². The monoisotopic (exact) mass is 582 g/mol. The molecule has 2 N–H and O–H groups in total. The van der Waals surface area contributed by atoms with E-state index in [9.17, 15) is 15.2 Å². The normalized spacial score (nSPS) is 23.7. The number of anilines is 2. The van der Waals surface area contributed by atoms with Crippen molar-refractivity contribution in [3.05, 3.63) is 47.7 Å². The summed E-state index contributed by atoms with van der Waals surface area (Å²) in [5.41, 5.74) is 2.98. The minimum absolute atomic E-state index is 0.0864. The van der Waals surface area contributed by atoms with Crippen LogP contribution in [0.3, 0.4) is 0 Å². The maximum atomic E-state index is 13.0. The molecule has 2 aromatic carbocycles. The molecular formula is C32H38N8O3. The first-order chi connectivity index (χ1) is 21.0. The molecule has 0 aliphatic carbocycles. The number of ether oxygens (including phenoxy) is 1. The molecule has 3 saturated heterocycles. The molecule has 0 radical (unpaired) electrons. The largest absolute Gasteiger partial charge is 0.508 e. The molecule has 3 atom stereocenters. The van der Waals surface area contributed by atoms with Gasteiger partial charge in [0.25, 0.3) is 0 Å². The van der Waals surface area contributed by atoms with E-state index in [0.29, 0.717) is 51.4 Å². The lowest BCUT2D eigenvalue weighted by atomic mass is 10.0. The van der Waals surface area contributed by atoms with Crippen molar-refractivity contribution >= 4 is 28.2 Å². The topological polar surface area (TPSA) is 131 Å². The summed E-state index contributed by atoms with van der Waals surface area (Å²) in [5, 5.41) is 25.3. The summed E-state index contributed by atoms with van der Waals surface area (Å²) in [6.07, 6.45) is 3.26. The van der Waals surface area contributed by atoms with Crippen LogP contribution in [0.4, 0.5) is 11.5 Å². The Balaban J connectivity index is 1.21. The smallest absolute Gasteiger partial charge is 0.318 e. The summed E-state index contributed by atoms with van der Waals surface area (Å²) in [6.45, 7) is 5.34. The number of benzene rings is 2. The number of rotatable bonds is 7. The molecule has 0 spiro atoms. The number of piperazine rings is 1. The predicted octanol–water partition coefficient (Wildman–Crippen LogP) is 2.27. The van der Waals surface area contributed by atoms with Crippen LogP contribution in [0, 0.1) is 11.3 Å².